The Hall–Kier alpha value is -2.82. The van der Waals surface area contributed by atoms with Crippen LogP contribution in [0, 0.1) is 5.82 Å². The van der Waals surface area contributed by atoms with Crippen LogP contribution in [0.3, 0.4) is 0 Å². The molecule has 1 saturated heterocycles. The molecule has 3 rings (SSSR count). The van der Waals surface area contributed by atoms with E-state index in [1.165, 1.54) is 12.1 Å². The van der Waals surface area contributed by atoms with Crippen molar-refractivity contribution in [3.63, 3.8) is 0 Å². The zero-order valence-electron chi connectivity index (χ0n) is 18.4. The summed E-state index contributed by atoms with van der Waals surface area (Å²) >= 11 is 3.02. The molecule has 1 fully saturated rings. The zero-order chi connectivity index (χ0) is 27.3. The fourth-order valence-corrected chi connectivity index (χ4v) is 3.66. The summed E-state index contributed by atoms with van der Waals surface area (Å²) in [6.45, 7) is -0.186. The van der Waals surface area contributed by atoms with Crippen LogP contribution in [0.2, 0.25) is 0 Å². The summed E-state index contributed by atoms with van der Waals surface area (Å²) in [5.74, 6) is -2.57. The number of hydrogen-bond acceptors (Lipinski definition) is 13. The van der Waals surface area contributed by atoms with Crippen LogP contribution in [0.25, 0.3) is 0 Å². The van der Waals surface area contributed by atoms with Crippen molar-refractivity contribution in [2.45, 2.75) is 30.7 Å². The maximum atomic E-state index is 13.7. The maximum absolute atomic E-state index is 13.7. The number of halogens is 2. The monoisotopic (exact) mass is 613 g/mol. The predicted molar refractivity (Wildman–Crippen MR) is 123 cm³/mol. The smallest absolute Gasteiger partial charge is 0.335 e. The number of carbonyl (C=O) groups is 1. The minimum Gasteiger partial charge on any atom is -0.479 e. The normalized spacial score (nSPS) is 24.6. The highest BCUT2D eigenvalue weighted by Crippen LogP contribution is 2.25. The third kappa shape index (κ3) is 7.59. The predicted octanol–water partition coefficient (Wildman–Crippen LogP) is -2.33. The lowest BCUT2D eigenvalue weighted by Gasteiger charge is -2.38. The average Bonchev–Trinajstić information content (AvgIpc) is 3.29. The molecule has 0 spiro atoms. The Morgan fingerprint density at radius 2 is 1.95 bits per heavy atom. The van der Waals surface area contributed by atoms with Gasteiger partial charge < -0.3 is 30.5 Å². The number of aliphatic hydroxyl groups excluding tert-OH is 3. The second kappa shape index (κ2) is 12.1. The second-order valence-corrected chi connectivity index (χ2v) is 9.57. The Kier molecular flexibility index (Phi) is 9.44. The quantitative estimate of drug-likeness (QED) is 0.0604. The van der Waals surface area contributed by atoms with Gasteiger partial charge in [0.1, 0.15) is 24.1 Å². The minimum absolute atomic E-state index is 0.0390. The van der Waals surface area contributed by atoms with Gasteiger partial charge in [0.15, 0.2) is 17.6 Å². The minimum atomic E-state index is -3.94. The first kappa shape index (κ1) is 28.7. The number of aliphatic carboxylic acids is 1. The van der Waals surface area contributed by atoms with E-state index in [9.17, 15) is 38.0 Å². The molecular weight excluding hydrogens is 593 g/mol. The number of aliphatic hydroxyl groups is 3. The number of anilines is 1. The summed E-state index contributed by atoms with van der Waals surface area (Å²) in [4.78, 5) is 20.7. The van der Waals surface area contributed by atoms with E-state index in [0.717, 1.165) is 6.07 Å². The van der Waals surface area contributed by atoms with E-state index >= 15 is 0 Å². The molecule has 1 aromatic carbocycles. The van der Waals surface area contributed by atoms with Gasteiger partial charge in [-0.3, -0.25) is 0 Å². The van der Waals surface area contributed by atoms with E-state index in [2.05, 4.69) is 42.0 Å². The lowest BCUT2D eigenvalue weighted by molar-refractivity contribution is -0.303. The molecule has 2 aromatic rings. The van der Waals surface area contributed by atoms with Crippen LogP contribution in [0.5, 0.6) is 0 Å². The second-order valence-electron chi connectivity index (χ2n) is 7.34. The van der Waals surface area contributed by atoms with E-state index in [1.54, 1.807) is 0 Å². The molecule has 37 heavy (non-hydrogen) atoms. The number of ether oxygens (including phenoxy) is 1. The number of nitrogens with zero attached hydrogens (tertiary/aromatic N) is 3. The van der Waals surface area contributed by atoms with Gasteiger partial charge in [0, 0.05) is 13.1 Å². The van der Waals surface area contributed by atoms with Crippen molar-refractivity contribution in [1.82, 2.24) is 20.5 Å². The molecule has 17 nitrogen and oxygen atoms in total. The van der Waals surface area contributed by atoms with Crippen LogP contribution in [0.4, 0.5) is 15.9 Å². The molecule has 0 radical (unpaired) electrons. The largest absolute Gasteiger partial charge is 0.479 e. The highest BCUT2D eigenvalue weighted by atomic mass is 79.9. The number of aliphatic imine (C=N–C) groups is 1. The van der Waals surface area contributed by atoms with Gasteiger partial charge >= 0.3 is 5.97 Å². The van der Waals surface area contributed by atoms with Crippen LogP contribution in [-0.2, 0) is 24.6 Å². The molecule has 2 heterocycles. The molecule has 1 aromatic heterocycles. The molecule has 5 atom stereocenters. The number of nitrogens with one attached hydrogen (secondary N) is 3. The lowest BCUT2D eigenvalue weighted by atomic mass is 9.99. The topological polar surface area (TPSA) is 264 Å². The van der Waals surface area contributed by atoms with Gasteiger partial charge in [0.2, 0.25) is 12.1 Å². The molecule has 0 saturated carbocycles. The van der Waals surface area contributed by atoms with Gasteiger partial charge in [-0.05, 0) is 44.4 Å². The van der Waals surface area contributed by atoms with E-state index < -0.39 is 52.7 Å². The van der Waals surface area contributed by atoms with E-state index in [-0.39, 0.29) is 40.6 Å². The van der Waals surface area contributed by atoms with E-state index in [4.69, 9.17) is 19.3 Å². The van der Waals surface area contributed by atoms with Crippen molar-refractivity contribution < 1.29 is 52.2 Å². The lowest BCUT2D eigenvalue weighted by Crippen LogP contribution is -2.61. The van der Waals surface area contributed by atoms with Crippen molar-refractivity contribution in [2.24, 2.45) is 10.1 Å². The van der Waals surface area contributed by atoms with Gasteiger partial charge in [-0.15, -0.1) is 0 Å². The molecule has 0 amide bonds. The van der Waals surface area contributed by atoms with Crippen LogP contribution >= 0.6 is 15.9 Å². The van der Waals surface area contributed by atoms with Gasteiger partial charge in [0.05, 0.1) is 10.2 Å². The van der Waals surface area contributed by atoms with Gasteiger partial charge in [0.25, 0.3) is 10.2 Å². The van der Waals surface area contributed by atoms with Crippen LogP contribution < -0.4 is 20.7 Å². The first-order valence-corrected chi connectivity index (χ1v) is 12.4. The Labute approximate surface area is 215 Å². The maximum Gasteiger partial charge on any atom is 0.335 e. The molecule has 0 aliphatic carbocycles. The summed E-state index contributed by atoms with van der Waals surface area (Å²) in [6, 6.07) is 3.68. The third-order valence-corrected chi connectivity index (χ3v) is 5.88. The molecule has 0 bridgehead atoms. The van der Waals surface area contributed by atoms with Gasteiger partial charge in [-0.1, -0.05) is 0 Å². The third-order valence-electron chi connectivity index (χ3n) is 4.66. The Morgan fingerprint density at radius 1 is 1.22 bits per heavy atom. The molecule has 20 heteroatoms. The first-order valence-electron chi connectivity index (χ1n) is 10.1. The number of carboxylic acid groups (broad SMARTS) is 1. The van der Waals surface area contributed by atoms with Crippen molar-refractivity contribution in [3.8, 4) is 0 Å². The Balaban J connectivity index is 1.85. The summed E-state index contributed by atoms with van der Waals surface area (Å²) in [7, 11) is -3.94. The molecule has 5 unspecified atom stereocenters. The van der Waals surface area contributed by atoms with Crippen molar-refractivity contribution in [2.75, 3.05) is 18.4 Å². The number of hydroxylamine groups is 1. The number of aromatic nitrogens is 2. The van der Waals surface area contributed by atoms with Gasteiger partial charge in [-0.2, -0.15) is 8.42 Å². The Morgan fingerprint density at radius 3 is 2.59 bits per heavy atom. The van der Waals surface area contributed by atoms with E-state index in [1.807, 2.05) is 4.72 Å². The molecule has 1 aliphatic heterocycles. The summed E-state index contributed by atoms with van der Waals surface area (Å²) in [6.07, 6.45) is -9.53. The summed E-state index contributed by atoms with van der Waals surface area (Å²) < 4.78 is 47.5. The van der Waals surface area contributed by atoms with Crippen molar-refractivity contribution in [3.05, 3.63) is 34.2 Å². The molecular formula is C17H21BrFN7O10S. The van der Waals surface area contributed by atoms with Crippen molar-refractivity contribution >= 4 is 49.4 Å². The van der Waals surface area contributed by atoms with Crippen LogP contribution in [0.15, 0.2) is 32.3 Å². The Bertz CT molecular complexity index is 1250. The number of benzene rings is 1. The highest BCUT2D eigenvalue weighted by molar-refractivity contribution is 9.10. The van der Waals surface area contributed by atoms with Crippen LogP contribution in [-0.4, -0.2) is 94.8 Å². The van der Waals surface area contributed by atoms with Crippen molar-refractivity contribution in [1.29, 1.82) is 0 Å². The fraction of sp³-hybridized carbons (Fsp3) is 0.412. The summed E-state index contributed by atoms with van der Waals surface area (Å²) in [5, 5.41) is 54.0. The summed E-state index contributed by atoms with van der Waals surface area (Å²) in [5.41, 5.74) is 2.28. The van der Waals surface area contributed by atoms with Crippen LogP contribution in [0.1, 0.15) is 5.69 Å². The van der Waals surface area contributed by atoms with Gasteiger partial charge in [-0.25, -0.2) is 39.0 Å². The fourth-order valence-electron chi connectivity index (χ4n) is 2.91. The number of hydrogen-bond donors (Lipinski definition) is 8. The number of rotatable bonds is 10. The molecule has 9 N–H and O–H groups in total. The average molecular weight is 614 g/mol. The number of carboxylic acids is 1. The molecule has 1 aliphatic rings. The SMILES string of the molecule is NS(=O)(=O)NCCNc1nonc1C(=Nc1ccc(F)c(Br)c1)NOC1OC(C(=O)O)C(O)C(O)C1O. The zero-order valence-corrected chi connectivity index (χ0v) is 20.8. The highest BCUT2D eigenvalue weighted by Gasteiger charge is 2.48. The first-order chi connectivity index (χ1) is 17.4. The molecule has 204 valence electrons. The van der Waals surface area contributed by atoms with E-state index in [0.29, 0.717) is 0 Å². The number of nitrogens with two attached hydrogens (primary N) is 1. The standard InChI is InChI=1S/C17H21BrFN7O10S/c18-7-5-6(1-2-8(7)19)23-15(9-14(26-36-24-9)21-3-4-22-37(20,32)33)25-35-17-12(29)10(27)11(28)13(34-17)16(30)31/h1-2,5,10-13,17,22,27-29H,3-4H2,(H,21,26)(H,23,25)(H,30,31)(H2,20,32,33). The number of amidine groups is 1.